The molecular formula is C14H19N3O3. The number of aromatic nitrogens is 1. The minimum absolute atomic E-state index is 0.0764. The van der Waals surface area contributed by atoms with Crippen LogP contribution in [0.2, 0.25) is 0 Å². The molecule has 1 aromatic rings. The fourth-order valence-electron chi connectivity index (χ4n) is 2.47. The standard InChI is InChI=1S/C14H19N3O3/c1-9-7-10(2)15-12(8-9)16-13(18)11-3-5-17(6-4-11)14(19)20/h7-8,11H,3-6H2,1-2H3,(H,19,20)(H,15,16,18). The molecule has 0 radical (unpaired) electrons. The summed E-state index contributed by atoms with van der Waals surface area (Å²) < 4.78 is 0. The van der Waals surface area contributed by atoms with Gasteiger partial charge in [0.2, 0.25) is 5.91 Å². The number of carbonyl (C=O) groups excluding carboxylic acids is 1. The van der Waals surface area contributed by atoms with Gasteiger partial charge in [0.15, 0.2) is 0 Å². The van der Waals surface area contributed by atoms with Gasteiger partial charge in [0, 0.05) is 24.7 Å². The lowest BCUT2D eigenvalue weighted by Crippen LogP contribution is -2.40. The monoisotopic (exact) mass is 277 g/mol. The first kappa shape index (κ1) is 14.3. The SMILES string of the molecule is Cc1cc(C)nc(NC(=O)C2CCN(C(=O)O)CC2)c1. The van der Waals surface area contributed by atoms with Gasteiger partial charge >= 0.3 is 6.09 Å². The van der Waals surface area contributed by atoms with Gasteiger partial charge in [-0.1, -0.05) is 0 Å². The highest BCUT2D eigenvalue weighted by molar-refractivity contribution is 5.91. The molecule has 6 heteroatoms. The summed E-state index contributed by atoms with van der Waals surface area (Å²) in [5.74, 6) is 0.342. The lowest BCUT2D eigenvalue weighted by Gasteiger charge is -2.29. The maximum absolute atomic E-state index is 12.1. The normalized spacial score (nSPS) is 16.0. The van der Waals surface area contributed by atoms with Gasteiger partial charge in [0.25, 0.3) is 0 Å². The molecule has 1 aliphatic rings. The lowest BCUT2D eigenvalue weighted by molar-refractivity contribution is -0.121. The topological polar surface area (TPSA) is 82.5 Å². The van der Waals surface area contributed by atoms with Crippen molar-refractivity contribution in [2.24, 2.45) is 5.92 Å². The number of aryl methyl sites for hydroxylation is 2. The van der Waals surface area contributed by atoms with E-state index >= 15 is 0 Å². The highest BCUT2D eigenvalue weighted by atomic mass is 16.4. The quantitative estimate of drug-likeness (QED) is 0.866. The number of piperidine rings is 1. The molecular weight excluding hydrogens is 258 g/mol. The third-order valence-electron chi connectivity index (χ3n) is 3.49. The van der Waals surface area contributed by atoms with Gasteiger partial charge in [0.05, 0.1) is 0 Å². The number of carboxylic acid groups (broad SMARTS) is 1. The van der Waals surface area contributed by atoms with Gasteiger partial charge in [-0.2, -0.15) is 0 Å². The summed E-state index contributed by atoms with van der Waals surface area (Å²) in [6.07, 6.45) is 0.200. The van der Waals surface area contributed by atoms with Crippen molar-refractivity contribution in [1.29, 1.82) is 0 Å². The summed E-state index contributed by atoms with van der Waals surface area (Å²) in [5.41, 5.74) is 1.91. The summed E-state index contributed by atoms with van der Waals surface area (Å²) >= 11 is 0. The molecule has 6 nitrogen and oxygen atoms in total. The number of likely N-dealkylation sites (tertiary alicyclic amines) is 1. The van der Waals surface area contributed by atoms with Crippen molar-refractivity contribution in [2.45, 2.75) is 26.7 Å². The van der Waals surface area contributed by atoms with Gasteiger partial charge in [0.1, 0.15) is 5.82 Å². The van der Waals surface area contributed by atoms with Crippen LogP contribution in [0.25, 0.3) is 0 Å². The van der Waals surface area contributed by atoms with E-state index in [1.165, 1.54) is 4.90 Å². The average molecular weight is 277 g/mol. The number of anilines is 1. The molecule has 20 heavy (non-hydrogen) atoms. The predicted octanol–water partition coefficient (Wildman–Crippen LogP) is 2.03. The molecule has 0 atom stereocenters. The zero-order valence-corrected chi connectivity index (χ0v) is 11.7. The second-order valence-corrected chi connectivity index (χ2v) is 5.20. The first-order valence-corrected chi connectivity index (χ1v) is 6.70. The smallest absolute Gasteiger partial charge is 0.407 e. The zero-order chi connectivity index (χ0) is 14.7. The van der Waals surface area contributed by atoms with Crippen LogP contribution in [0.3, 0.4) is 0 Å². The van der Waals surface area contributed by atoms with E-state index in [2.05, 4.69) is 10.3 Å². The van der Waals surface area contributed by atoms with Crippen molar-refractivity contribution in [3.8, 4) is 0 Å². The Morgan fingerprint density at radius 3 is 2.50 bits per heavy atom. The second kappa shape index (κ2) is 5.90. The molecule has 0 saturated carbocycles. The molecule has 1 aliphatic heterocycles. The van der Waals surface area contributed by atoms with Crippen molar-refractivity contribution < 1.29 is 14.7 Å². The minimum atomic E-state index is -0.917. The number of rotatable bonds is 2. The van der Waals surface area contributed by atoms with E-state index in [0.717, 1.165) is 11.3 Å². The van der Waals surface area contributed by atoms with Crippen molar-refractivity contribution in [3.05, 3.63) is 23.4 Å². The largest absolute Gasteiger partial charge is 0.465 e. The van der Waals surface area contributed by atoms with Crippen LogP contribution in [0.1, 0.15) is 24.1 Å². The highest BCUT2D eigenvalue weighted by Crippen LogP contribution is 2.19. The molecule has 0 unspecified atom stereocenters. The van der Waals surface area contributed by atoms with Crippen LogP contribution in [0, 0.1) is 19.8 Å². The zero-order valence-electron chi connectivity index (χ0n) is 11.7. The fraction of sp³-hybridized carbons (Fsp3) is 0.500. The fourth-order valence-corrected chi connectivity index (χ4v) is 2.47. The molecule has 108 valence electrons. The van der Waals surface area contributed by atoms with Crippen LogP contribution in [0.4, 0.5) is 10.6 Å². The van der Waals surface area contributed by atoms with Gasteiger partial charge in [-0.25, -0.2) is 9.78 Å². The number of amides is 2. The molecule has 2 heterocycles. The van der Waals surface area contributed by atoms with Gasteiger partial charge in [-0.15, -0.1) is 0 Å². The maximum Gasteiger partial charge on any atom is 0.407 e. The van der Waals surface area contributed by atoms with Crippen LogP contribution in [0.5, 0.6) is 0 Å². The highest BCUT2D eigenvalue weighted by Gasteiger charge is 2.27. The summed E-state index contributed by atoms with van der Waals surface area (Å²) in [5, 5.41) is 11.7. The van der Waals surface area contributed by atoms with Crippen molar-refractivity contribution in [3.63, 3.8) is 0 Å². The van der Waals surface area contributed by atoms with E-state index in [0.29, 0.717) is 31.7 Å². The first-order valence-electron chi connectivity index (χ1n) is 6.70. The molecule has 2 N–H and O–H groups in total. The summed E-state index contributed by atoms with van der Waals surface area (Å²) in [6, 6.07) is 3.78. The van der Waals surface area contributed by atoms with E-state index in [-0.39, 0.29) is 11.8 Å². The molecule has 0 spiro atoms. The molecule has 1 saturated heterocycles. The second-order valence-electron chi connectivity index (χ2n) is 5.20. The molecule has 2 amide bonds. The number of hydrogen-bond donors (Lipinski definition) is 2. The van der Waals surface area contributed by atoms with Crippen molar-refractivity contribution >= 4 is 17.8 Å². The average Bonchev–Trinajstić information content (AvgIpc) is 2.37. The first-order chi connectivity index (χ1) is 9.45. The Bertz CT molecular complexity index is 502. The van der Waals surface area contributed by atoms with E-state index in [1.54, 1.807) is 0 Å². The molecule has 1 aromatic heterocycles. The number of hydrogen-bond acceptors (Lipinski definition) is 3. The third-order valence-corrected chi connectivity index (χ3v) is 3.49. The molecule has 0 aromatic carbocycles. The van der Waals surface area contributed by atoms with Gasteiger partial charge in [-0.05, 0) is 44.4 Å². The number of nitrogens with one attached hydrogen (secondary N) is 1. The molecule has 2 rings (SSSR count). The Labute approximate surface area is 117 Å². The Morgan fingerprint density at radius 2 is 1.95 bits per heavy atom. The van der Waals surface area contributed by atoms with Gasteiger partial charge in [-0.3, -0.25) is 4.79 Å². The summed E-state index contributed by atoms with van der Waals surface area (Å²) in [7, 11) is 0. The lowest BCUT2D eigenvalue weighted by atomic mass is 9.96. The Balaban J connectivity index is 1.94. The van der Waals surface area contributed by atoms with E-state index in [9.17, 15) is 9.59 Å². The minimum Gasteiger partial charge on any atom is -0.465 e. The molecule has 0 aliphatic carbocycles. The Kier molecular flexibility index (Phi) is 4.22. The maximum atomic E-state index is 12.1. The van der Waals surface area contributed by atoms with Crippen LogP contribution < -0.4 is 5.32 Å². The third kappa shape index (κ3) is 3.46. The van der Waals surface area contributed by atoms with Crippen LogP contribution in [-0.4, -0.2) is 40.1 Å². The van der Waals surface area contributed by atoms with Crippen LogP contribution in [0.15, 0.2) is 12.1 Å². The van der Waals surface area contributed by atoms with Crippen molar-refractivity contribution in [1.82, 2.24) is 9.88 Å². The summed E-state index contributed by atoms with van der Waals surface area (Å²) in [4.78, 5) is 28.6. The summed E-state index contributed by atoms with van der Waals surface area (Å²) in [6.45, 7) is 4.66. The van der Waals surface area contributed by atoms with Crippen LogP contribution >= 0.6 is 0 Å². The van der Waals surface area contributed by atoms with Gasteiger partial charge < -0.3 is 15.3 Å². The molecule has 1 fully saturated rings. The van der Waals surface area contributed by atoms with Crippen molar-refractivity contribution in [2.75, 3.05) is 18.4 Å². The predicted molar refractivity (Wildman–Crippen MR) is 74.7 cm³/mol. The Morgan fingerprint density at radius 1 is 1.30 bits per heavy atom. The van der Waals surface area contributed by atoms with E-state index in [1.807, 2.05) is 26.0 Å². The molecule has 0 bridgehead atoms. The number of nitrogens with zero attached hydrogens (tertiary/aromatic N) is 2. The Hall–Kier alpha value is -2.11. The van der Waals surface area contributed by atoms with E-state index < -0.39 is 6.09 Å². The number of pyridine rings is 1. The van der Waals surface area contributed by atoms with E-state index in [4.69, 9.17) is 5.11 Å². The van der Waals surface area contributed by atoms with Crippen LogP contribution in [-0.2, 0) is 4.79 Å². The number of carbonyl (C=O) groups is 2.